The summed E-state index contributed by atoms with van der Waals surface area (Å²) in [4.78, 5) is 27.2. The van der Waals surface area contributed by atoms with Gasteiger partial charge in [-0.25, -0.2) is 0 Å². The first-order chi connectivity index (χ1) is 12.6. The molecule has 3 N–H and O–H groups in total. The van der Waals surface area contributed by atoms with Crippen LogP contribution in [-0.2, 0) is 9.53 Å². The van der Waals surface area contributed by atoms with Gasteiger partial charge in [-0.15, -0.1) is 12.4 Å². The highest BCUT2D eigenvalue weighted by Crippen LogP contribution is 2.31. The quantitative estimate of drug-likeness (QED) is 0.706. The Morgan fingerprint density at radius 2 is 1.67 bits per heavy atom. The number of nitrogens with two attached hydrogens (primary N) is 1. The van der Waals surface area contributed by atoms with Crippen LogP contribution in [0.1, 0.15) is 49.9 Å². The smallest absolute Gasteiger partial charge is 0.253 e. The predicted octanol–water partition coefficient (Wildman–Crippen LogP) is 3.06. The largest absolute Gasteiger partial charge is 0.381 e. The van der Waals surface area contributed by atoms with E-state index in [1.807, 2.05) is 4.90 Å². The van der Waals surface area contributed by atoms with Crippen LogP contribution in [0.3, 0.4) is 0 Å². The molecule has 2 rings (SSSR count). The normalized spacial score (nSPS) is 15.5. The number of nitrogens with zero attached hydrogens (tertiary/aromatic N) is 1. The molecule has 0 atom stereocenters. The molecular formula is C20H32ClN3O3. The fourth-order valence-corrected chi connectivity index (χ4v) is 3.28. The minimum absolute atomic E-state index is 0. The van der Waals surface area contributed by atoms with E-state index >= 15 is 0 Å². The van der Waals surface area contributed by atoms with Gasteiger partial charge < -0.3 is 20.7 Å². The number of anilines is 1. The van der Waals surface area contributed by atoms with Gasteiger partial charge in [0.05, 0.1) is 5.41 Å². The topological polar surface area (TPSA) is 84.7 Å². The number of halogens is 1. The molecule has 1 saturated heterocycles. The molecule has 1 aliphatic heterocycles. The maximum absolute atomic E-state index is 12.7. The molecule has 0 bridgehead atoms. The van der Waals surface area contributed by atoms with Gasteiger partial charge in [0.25, 0.3) is 5.91 Å². The van der Waals surface area contributed by atoms with Crippen molar-refractivity contribution in [2.45, 2.75) is 39.5 Å². The number of hydrogen-bond acceptors (Lipinski definition) is 4. The monoisotopic (exact) mass is 397 g/mol. The molecule has 0 aromatic heterocycles. The molecule has 0 saturated carbocycles. The lowest BCUT2D eigenvalue weighted by atomic mass is 9.79. The molecule has 0 radical (unpaired) electrons. The standard InChI is InChI=1S/C20H31N3O3.ClH/c1-3-11-23(12-4-2)18(24)16-5-7-17(8-6-16)22-19(25)20(15-21)9-13-26-14-10-20;/h5-8H,3-4,9-15,21H2,1-2H3,(H,22,25);1H. The third-order valence-electron chi connectivity index (χ3n) is 4.99. The highest BCUT2D eigenvalue weighted by molar-refractivity contribution is 5.97. The fraction of sp³-hybridized carbons (Fsp3) is 0.600. The first kappa shape index (κ1) is 23.4. The van der Waals surface area contributed by atoms with Crippen LogP contribution >= 0.6 is 12.4 Å². The second-order valence-electron chi connectivity index (χ2n) is 6.92. The number of hydrogen-bond donors (Lipinski definition) is 2. The average Bonchev–Trinajstić information content (AvgIpc) is 2.68. The predicted molar refractivity (Wildman–Crippen MR) is 110 cm³/mol. The number of ether oxygens (including phenoxy) is 1. The highest BCUT2D eigenvalue weighted by Gasteiger charge is 2.38. The van der Waals surface area contributed by atoms with Crippen molar-refractivity contribution in [3.8, 4) is 0 Å². The number of nitrogens with one attached hydrogen (secondary N) is 1. The molecule has 1 aromatic carbocycles. The molecular weight excluding hydrogens is 366 g/mol. The summed E-state index contributed by atoms with van der Waals surface area (Å²) in [5.41, 5.74) is 6.64. The minimum Gasteiger partial charge on any atom is -0.381 e. The zero-order chi connectivity index (χ0) is 19.0. The number of rotatable bonds is 8. The fourth-order valence-electron chi connectivity index (χ4n) is 3.28. The number of carbonyl (C=O) groups is 2. The summed E-state index contributed by atoms with van der Waals surface area (Å²) in [7, 11) is 0. The lowest BCUT2D eigenvalue weighted by Crippen LogP contribution is -2.46. The van der Waals surface area contributed by atoms with Gasteiger partial charge in [-0.3, -0.25) is 9.59 Å². The van der Waals surface area contributed by atoms with E-state index in [-0.39, 0.29) is 24.2 Å². The van der Waals surface area contributed by atoms with Crippen LogP contribution in [0.15, 0.2) is 24.3 Å². The lowest BCUT2D eigenvalue weighted by Gasteiger charge is -2.34. The molecule has 0 aliphatic carbocycles. The zero-order valence-electron chi connectivity index (χ0n) is 16.3. The summed E-state index contributed by atoms with van der Waals surface area (Å²) >= 11 is 0. The Bertz CT molecular complexity index is 595. The number of amides is 2. The SMILES string of the molecule is CCCN(CCC)C(=O)c1ccc(NC(=O)C2(CN)CCOCC2)cc1.Cl. The Hall–Kier alpha value is -1.63. The maximum Gasteiger partial charge on any atom is 0.253 e. The van der Waals surface area contributed by atoms with Crippen molar-refractivity contribution in [3.63, 3.8) is 0 Å². The van der Waals surface area contributed by atoms with Crippen LogP contribution in [0, 0.1) is 5.41 Å². The van der Waals surface area contributed by atoms with Gasteiger partial charge in [-0.05, 0) is 49.9 Å². The van der Waals surface area contributed by atoms with Gasteiger partial charge in [0.2, 0.25) is 5.91 Å². The van der Waals surface area contributed by atoms with E-state index in [1.54, 1.807) is 24.3 Å². The summed E-state index contributed by atoms with van der Waals surface area (Å²) in [5, 5.41) is 2.95. The maximum atomic E-state index is 12.7. The van der Waals surface area contributed by atoms with Crippen molar-refractivity contribution in [1.29, 1.82) is 0 Å². The van der Waals surface area contributed by atoms with Crippen molar-refractivity contribution in [2.75, 3.05) is 38.2 Å². The first-order valence-corrected chi connectivity index (χ1v) is 9.55. The van der Waals surface area contributed by atoms with Crippen molar-refractivity contribution >= 4 is 29.9 Å². The summed E-state index contributed by atoms with van der Waals surface area (Å²) in [6.45, 7) is 7.07. The van der Waals surface area contributed by atoms with Crippen LogP contribution in [0.4, 0.5) is 5.69 Å². The average molecular weight is 398 g/mol. The van der Waals surface area contributed by atoms with E-state index in [1.165, 1.54) is 0 Å². The molecule has 1 aromatic rings. The zero-order valence-corrected chi connectivity index (χ0v) is 17.1. The molecule has 1 aliphatic rings. The van der Waals surface area contributed by atoms with E-state index < -0.39 is 5.41 Å². The third-order valence-corrected chi connectivity index (χ3v) is 4.99. The second kappa shape index (κ2) is 11.3. The summed E-state index contributed by atoms with van der Waals surface area (Å²) in [6, 6.07) is 7.11. The van der Waals surface area contributed by atoms with Crippen LogP contribution in [0.2, 0.25) is 0 Å². The van der Waals surface area contributed by atoms with E-state index in [0.717, 1.165) is 25.9 Å². The third kappa shape index (κ3) is 5.92. The van der Waals surface area contributed by atoms with Gasteiger partial charge >= 0.3 is 0 Å². The molecule has 7 heteroatoms. The summed E-state index contributed by atoms with van der Waals surface area (Å²) in [6.07, 6.45) is 3.14. The minimum atomic E-state index is -0.564. The Morgan fingerprint density at radius 1 is 1.11 bits per heavy atom. The molecule has 0 unspecified atom stereocenters. The van der Waals surface area contributed by atoms with Gasteiger partial charge in [-0.1, -0.05) is 13.8 Å². The Morgan fingerprint density at radius 3 is 2.15 bits per heavy atom. The van der Waals surface area contributed by atoms with Gasteiger partial charge in [0.1, 0.15) is 0 Å². The molecule has 1 fully saturated rings. The van der Waals surface area contributed by atoms with Crippen molar-refractivity contribution in [2.24, 2.45) is 11.1 Å². The Balaban J connectivity index is 0.00000364. The Kier molecular flexibility index (Phi) is 9.77. The van der Waals surface area contributed by atoms with Gasteiger partial charge in [0, 0.05) is 44.1 Å². The van der Waals surface area contributed by atoms with Crippen molar-refractivity contribution in [1.82, 2.24) is 4.90 Å². The lowest BCUT2D eigenvalue weighted by molar-refractivity contribution is -0.130. The molecule has 6 nitrogen and oxygen atoms in total. The van der Waals surface area contributed by atoms with E-state index in [0.29, 0.717) is 43.9 Å². The molecule has 2 amide bonds. The van der Waals surface area contributed by atoms with Gasteiger partial charge in [0.15, 0.2) is 0 Å². The molecule has 1 heterocycles. The summed E-state index contributed by atoms with van der Waals surface area (Å²) in [5.74, 6) is -0.0320. The number of benzene rings is 1. The van der Waals surface area contributed by atoms with E-state index in [9.17, 15) is 9.59 Å². The van der Waals surface area contributed by atoms with E-state index in [4.69, 9.17) is 10.5 Å². The number of carbonyl (C=O) groups excluding carboxylic acids is 2. The highest BCUT2D eigenvalue weighted by atomic mass is 35.5. The van der Waals surface area contributed by atoms with Crippen molar-refractivity contribution in [3.05, 3.63) is 29.8 Å². The summed E-state index contributed by atoms with van der Waals surface area (Å²) < 4.78 is 5.35. The first-order valence-electron chi connectivity index (χ1n) is 9.55. The van der Waals surface area contributed by atoms with Crippen LogP contribution < -0.4 is 11.1 Å². The van der Waals surface area contributed by atoms with Crippen LogP contribution in [0.5, 0.6) is 0 Å². The molecule has 152 valence electrons. The van der Waals surface area contributed by atoms with E-state index in [2.05, 4.69) is 19.2 Å². The second-order valence-corrected chi connectivity index (χ2v) is 6.92. The molecule has 0 spiro atoms. The van der Waals surface area contributed by atoms with Crippen LogP contribution in [0.25, 0.3) is 0 Å². The Labute approximate surface area is 168 Å². The van der Waals surface area contributed by atoms with Crippen molar-refractivity contribution < 1.29 is 14.3 Å². The van der Waals surface area contributed by atoms with Gasteiger partial charge in [-0.2, -0.15) is 0 Å². The molecule has 27 heavy (non-hydrogen) atoms. The van der Waals surface area contributed by atoms with Crippen LogP contribution in [-0.4, -0.2) is 49.6 Å².